The largest absolute Gasteiger partial charge is 0.453 e. The Labute approximate surface area is 359 Å². The van der Waals surface area contributed by atoms with Gasteiger partial charge in [0.05, 0.1) is 49.2 Å². The molecule has 2 aromatic heterocycles. The number of likely N-dealkylation sites (tertiary alicyclic amines) is 2. The summed E-state index contributed by atoms with van der Waals surface area (Å²) in [6.45, 7) is 6.53. The van der Waals surface area contributed by atoms with E-state index in [4.69, 9.17) is 19.4 Å². The van der Waals surface area contributed by atoms with Crippen LogP contribution in [0.2, 0.25) is 0 Å². The lowest BCUT2D eigenvalue weighted by molar-refractivity contribution is -0.138. The number of nitrogens with zero attached hydrogens (tertiary/aromatic N) is 4. The lowest BCUT2D eigenvalue weighted by Gasteiger charge is -2.36. The third-order valence-corrected chi connectivity index (χ3v) is 13.1. The first-order valence-electron chi connectivity index (χ1n) is 21.5. The SMILES string of the molecule is COC(=O)N[C@H](C(=O)N1C[C@@H](C)C[C@H]1c1nc2ccc3cc(-c4ccc(-c5cnc([C@@H]6[C@H]7CC[C@H](C7)N6C(=O)[C@H](NC(=O)OC)c6ccccc6)[nH]5)cc4)ccc3c2[nH]1)C(C)C. The van der Waals surface area contributed by atoms with E-state index in [0.717, 1.165) is 81.5 Å². The van der Waals surface area contributed by atoms with Gasteiger partial charge in [0, 0.05) is 18.0 Å². The highest BCUT2D eigenvalue weighted by molar-refractivity contribution is 6.05. The zero-order valence-electron chi connectivity index (χ0n) is 35.6. The first kappa shape index (κ1) is 40.7. The quantitative estimate of drug-likeness (QED) is 0.107. The molecule has 3 aliphatic rings. The van der Waals surface area contributed by atoms with E-state index in [1.165, 1.54) is 14.2 Å². The average molecular weight is 837 g/mol. The minimum absolute atomic E-state index is 0.0716. The third kappa shape index (κ3) is 7.51. The molecule has 2 bridgehead atoms. The summed E-state index contributed by atoms with van der Waals surface area (Å²) >= 11 is 0. The molecular formula is C48H52N8O6. The maximum Gasteiger partial charge on any atom is 0.407 e. The highest BCUT2D eigenvalue weighted by atomic mass is 16.5. The molecule has 9 rings (SSSR count). The number of nitrogens with one attached hydrogen (secondary N) is 4. The maximum atomic E-state index is 14.3. The number of hydrogen-bond acceptors (Lipinski definition) is 8. The molecule has 3 fully saturated rings. The van der Waals surface area contributed by atoms with Gasteiger partial charge in [-0.15, -0.1) is 0 Å². The number of rotatable bonds is 10. The number of benzene rings is 4. The van der Waals surface area contributed by atoms with E-state index in [1.54, 1.807) is 0 Å². The van der Waals surface area contributed by atoms with Crippen molar-refractivity contribution in [2.45, 2.75) is 76.7 Å². The Morgan fingerprint density at radius 3 is 2.26 bits per heavy atom. The fourth-order valence-corrected chi connectivity index (χ4v) is 9.99. The lowest BCUT2D eigenvalue weighted by Crippen LogP contribution is -2.51. The van der Waals surface area contributed by atoms with Crippen molar-refractivity contribution in [1.82, 2.24) is 40.4 Å². The summed E-state index contributed by atoms with van der Waals surface area (Å²) in [5.41, 5.74) is 6.41. The van der Waals surface area contributed by atoms with Crippen LogP contribution in [0.1, 0.15) is 81.8 Å². The van der Waals surface area contributed by atoms with Crippen molar-refractivity contribution >= 4 is 45.8 Å². The van der Waals surface area contributed by atoms with Crippen LogP contribution in [0.3, 0.4) is 0 Å². The van der Waals surface area contributed by atoms with Gasteiger partial charge in [-0.25, -0.2) is 19.6 Å². The molecule has 0 radical (unpaired) electrons. The number of amides is 4. The van der Waals surface area contributed by atoms with Crippen molar-refractivity contribution in [3.8, 4) is 22.4 Å². The number of carbonyl (C=O) groups is 4. The topological polar surface area (TPSA) is 175 Å². The van der Waals surface area contributed by atoms with E-state index in [9.17, 15) is 19.2 Å². The summed E-state index contributed by atoms with van der Waals surface area (Å²) in [5.74, 6) is 1.58. The number of alkyl carbamates (subject to hydrolysis) is 2. The number of aromatic nitrogens is 4. The second kappa shape index (κ2) is 16.6. The fourth-order valence-electron chi connectivity index (χ4n) is 9.99. The van der Waals surface area contributed by atoms with Crippen molar-refractivity contribution in [2.75, 3.05) is 20.8 Å². The van der Waals surface area contributed by atoms with Crippen LogP contribution in [0.4, 0.5) is 9.59 Å². The first-order valence-corrected chi connectivity index (χ1v) is 21.5. The molecule has 62 heavy (non-hydrogen) atoms. The minimum atomic E-state index is -0.878. The van der Waals surface area contributed by atoms with Gasteiger partial charge in [-0.2, -0.15) is 0 Å². The number of fused-ring (bicyclic) bond motifs is 5. The summed E-state index contributed by atoms with van der Waals surface area (Å²) in [5, 5.41) is 7.60. The van der Waals surface area contributed by atoms with Crippen LogP contribution in [0.5, 0.6) is 0 Å². The smallest absolute Gasteiger partial charge is 0.407 e. The van der Waals surface area contributed by atoms with Crippen LogP contribution in [0, 0.1) is 17.8 Å². The van der Waals surface area contributed by atoms with E-state index in [2.05, 4.69) is 76.1 Å². The molecule has 0 unspecified atom stereocenters. The molecular weight excluding hydrogens is 785 g/mol. The normalized spacial score (nSPS) is 21.7. The maximum absolute atomic E-state index is 14.3. The molecule has 320 valence electrons. The summed E-state index contributed by atoms with van der Waals surface area (Å²) in [6.07, 6.45) is 4.15. The van der Waals surface area contributed by atoms with Crippen LogP contribution in [0.15, 0.2) is 91.1 Å². The third-order valence-electron chi connectivity index (χ3n) is 13.1. The molecule has 0 spiro atoms. The summed E-state index contributed by atoms with van der Waals surface area (Å²) in [6, 6.07) is 26.2. The standard InChI is InChI=1S/C48H52N8O6/c1-26(2)39(53-47(59)61-4)45(57)55-25-27(3)21-38(55)43-50-36-20-17-32-22-31(16-19-35(32)41(36)52-43)28-11-13-29(14-12-28)37-24-49-44(51-37)42-33-15-18-34(23-33)56(42)46(58)40(54-48(60)62-5)30-9-7-6-8-10-30/h6-14,16-17,19-20,22,24,26-27,33-34,38-40,42H,15,18,21,23,25H2,1-5H3,(H,49,51)(H,50,52)(H,53,59)(H,54,60)/t27-,33-,34+,38-,39-,40+,42-/m0/s1. The highest BCUT2D eigenvalue weighted by Crippen LogP contribution is 2.50. The van der Waals surface area contributed by atoms with Gasteiger partial charge in [-0.3, -0.25) is 9.59 Å². The molecule has 14 heteroatoms. The number of hydrogen-bond donors (Lipinski definition) is 4. The monoisotopic (exact) mass is 836 g/mol. The van der Waals surface area contributed by atoms with Gasteiger partial charge in [0.2, 0.25) is 5.91 Å². The Hall–Kier alpha value is -6.70. The van der Waals surface area contributed by atoms with E-state index in [-0.39, 0.29) is 47.7 Å². The van der Waals surface area contributed by atoms with Crippen molar-refractivity contribution in [1.29, 1.82) is 0 Å². The zero-order valence-corrected chi connectivity index (χ0v) is 35.6. The zero-order chi connectivity index (χ0) is 43.2. The number of piperidine rings is 1. The summed E-state index contributed by atoms with van der Waals surface area (Å²) in [4.78, 5) is 73.4. The Morgan fingerprint density at radius 1 is 0.790 bits per heavy atom. The molecule has 14 nitrogen and oxygen atoms in total. The molecule has 6 aromatic rings. The number of methoxy groups -OCH3 is 2. The van der Waals surface area contributed by atoms with E-state index >= 15 is 0 Å². The van der Waals surface area contributed by atoms with Crippen molar-refractivity contribution in [3.63, 3.8) is 0 Å². The first-order chi connectivity index (χ1) is 30.0. The van der Waals surface area contributed by atoms with Gasteiger partial charge in [0.25, 0.3) is 5.91 Å². The molecule has 4 amide bonds. The Morgan fingerprint density at radius 2 is 1.52 bits per heavy atom. The van der Waals surface area contributed by atoms with Gasteiger partial charge >= 0.3 is 12.2 Å². The number of imidazole rings is 2. The highest BCUT2D eigenvalue weighted by Gasteiger charge is 2.51. The van der Waals surface area contributed by atoms with Crippen molar-refractivity contribution in [2.24, 2.45) is 17.8 Å². The molecule has 7 atom stereocenters. The Balaban J connectivity index is 0.934. The Kier molecular flexibility index (Phi) is 10.9. The number of ether oxygens (including phenoxy) is 2. The van der Waals surface area contributed by atoms with Crippen molar-refractivity contribution < 1.29 is 28.7 Å². The molecule has 2 aliphatic heterocycles. The molecule has 1 saturated carbocycles. The van der Waals surface area contributed by atoms with E-state index in [1.807, 2.05) is 66.2 Å². The number of H-pyrrole nitrogens is 2. The van der Waals surface area contributed by atoms with Crippen LogP contribution >= 0.6 is 0 Å². The average Bonchev–Trinajstić information content (AvgIpc) is 4.15. The molecule has 4 aromatic carbocycles. The van der Waals surface area contributed by atoms with Gasteiger partial charge in [0.15, 0.2) is 0 Å². The number of carbonyl (C=O) groups excluding carboxylic acids is 4. The minimum Gasteiger partial charge on any atom is -0.453 e. The predicted octanol–water partition coefficient (Wildman–Crippen LogP) is 8.21. The molecule has 2 saturated heterocycles. The summed E-state index contributed by atoms with van der Waals surface area (Å²) in [7, 11) is 2.59. The summed E-state index contributed by atoms with van der Waals surface area (Å²) < 4.78 is 9.71. The predicted molar refractivity (Wildman–Crippen MR) is 234 cm³/mol. The van der Waals surface area contributed by atoms with Crippen LogP contribution in [0.25, 0.3) is 44.2 Å². The lowest BCUT2D eigenvalue weighted by atomic mass is 9.96. The van der Waals surface area contributed by atoms with Crippen LogP contribution in [-0.2, 0) is 19.1 Å². The van der Waals surface area contributed by atoms with Gasteiger partial charge < -0.3 is 39.9 Å². The van der Waals surface area contributed by atoms with Crippen LogP contribution < -0.4 is 10.6 Å². The molecule has 1 aliphatic carbocycles. The second-order valence-corrected chi connectivity index (χ2v) is 17.4. The molecule has 4 heterocycles. The Bertz CT molecular complexity index is 2640. The fraction of sp³-hybridized carbons (Fsp3) is 0.375. The second-order valence-electron chi connectivity index (χ2n) is 17.4. The van der Waals surface area contributed by atoms with Gasteiger partial charge in [0.1, 0.15) is 23.7 Å². The van der Waals surface area contributed by atoms with E-state index < -0.39 is 24.3 Å². The molecule has 4 N–H and O–H groups in total. The van der Waals surface area contributed by atoms with Gasteiger partial charge in [-0.05, 0) is 83.2 Å². The van der Waals surface area contributed by atoms with E-state index in [0.29, 0.717) is 12.1 Å². The van der Waals surface area contributed by atoms with Gasteiger partial charge in [-0.1, -0.05) is 93.6 Å². The number of aromatic amines is 2. The van der Waals surface area contributed by atoms with Crippen molar-refractivity contribution in [3.05, 3.63) is 108 Å². The van der Waals surface area contributed by atoms with Crippen LogP contribution in [-0.4, -0.2) is 86.6 Å².